The second-order valence-corrected chi connectivity index (χ2v) is 9.04. The first-order chi connectivity index (χ1) is 17.8. The molecule has 0 aliphatic heterocycles. The number of pyridine rings is 1. The van der Waals surface area contributed by atoms with Gasteiger partial charge in [-0.15, -0.1) is 13.2 Å². The van der Waals surface area contributed by atoms with Crippen molar-refractivity contribution in [2.45, 2.75) is 17.8 Å². The number of rotatable bonds is 7. The number of nitrogens with zero attached hydrogens (tertiary/aromatic N) is 2. The molecule has 37 heavy (non-hydrogen) atoms. The number of guanidine groups is 1. The van der Waals surface area contributed by atoms with E-state index in [4.69, 9.17) is 11.6 Å². The zero-order valence-corrected chi connectivity index (χ0v) is 21.2. The molecule has 2 N–H and O–H groups in total. The number of nitrogens with one attached hydrogen (secondary N) is 2. The molecule has 0 saturated carbocycles. The van der Waals surface area contributed by atoms with Gasteiger partial charge in [0.2, 0.25) is 5.96 Å². The maximum atomic E-state index is 12.6. The smallest absolute Gasteiger partial charge is 0.406 e. The Kier molecular flexibility index (Phi) is 8.58. The van der Waals surface area contributed by atoms with Crippen molar-refractivity contribution in [2.75, 3.05) is 7.05 Å². The van der Waals surface area contributed by atoms with Crippen molar-refractivity contribution in [1.82, 2.24) is 15.6 Å². The van der Waals surface area contributed by atoms with Crippen LogP contribution in [0.2, 0.25) is 5.02 Å². The van der Waals surface area contributed by atoms with Crippen LogP contribution in [0, 0.1) is 0 Å². The van der Waals surface area contributed by atoms with Gasteiger partial charge in [-0.25, -0.2) is 0 Å². The minimum absolute atomic E-state index is 0.294. The van der Waals surface area contributed by atoms with Crippen LogP contribution in [0.1, 0.15) is 5.56 Å². The fourth-order valence-corrected chi connectivity index (χ4v) is 4.19. The molecule has 4 aromatic rings. The summed E-state index contributed by atoms with van der Waals surface area (Å²) in [6.07, 6.45) is -3.03. The fourth-order valence-electron chi connectivity index (χ4n) is 3.43. The number of aromatic nitrogens is 1. The summed E-state index contributed by atoms with van der Waals surface area (Å²) in [5.74, 6) is 0.309. The van der Waals surface area contributed by atoms with Crippen molar-refractivity contribution in [3.8, 4) is 28.1 Å². The SMILES string of the molecule is CN/C(=N\Sc1ccccc1)NCc1cnc(-c2ccc(OC(F)(F)F)cc2)c(-c2ccc(Cl)cc2)c1. The highest BCUT2D eigenvalue weighted by atomic mass is 35.5. The number of hydrogen-bond donors (Lipinski definition) is 2. The van der Waals surface area contributed by atoms with E-state index in [1.165, 1.54) is 24.1 Å². The van der Waals surface area contributed by atoms with Gasteiger partial charge in [-0.2, -0.15) is 4.40 Å². The minimum atomic E-state index is -4.75. The molecule has 4 rings (SSSR count). The third-order valence-corrected chi connectivity index (χ3v) is 6.15. The molecule has 10 heteroatoms. The van der Waals surface area contributed by atoms with Crippen LogP contribution >= 0.6 is 23.5 Å². The van der Waals surface area contributed by atoms with Crippen LogP contribution in [0.4, 0.5) is 13.2 Å². The summed E-state index contributed by atoms with van der Waals surface area (Å²) in [5.41, 5.74) is 3.83. The van der Waals surface area contributed by atoms with Gasteiger partial charge in [-0.1, -0.05) is 41.9 Å². The van der Waals surface area contributed by atoms with E-state index in [2.05, 4.69) is 24.8 Å². The molecular formula is C27H22ClF3N4OS. The minimum Gasteiger partial charge on any atom is -0.406 e. The molecule has 0 saturated heterocycles. The average Bonchev–Trinajstić information content (AvgIpc) is 2.89. The molecule has 0 spiro atoms. The van der Waals surface area contributed by atoms with E-state index in [-0.39, 0.29) is 5.75 Å². The van der Waals surface area contributed by atoms with E-state index < -0.39 is 6.36 Å². The first-order valence-electron chi connectivity index (χ1n) is 11.1. The molecule has 1 aromatic heterocycles. The topological polar surface area (TPSA) is 58.5 Å². The summed E-state index contributed by atoms with van der Waals surface area (Å²) in [7, 11) is 1.78. The molecule has 0 fully saturated rings. The molecule has 0 unspecified atom stereocenters. The van der Waals surface area contributed by atoms with Crippen LogP contribution in [-0.2, 0) is 6.54 Å². The molecule has 3 aromatic carbocycles. The molecular weight excluding hydrogens is 521 g/mol. The number of ether oxygens (including phenoxy) is 1. The van der Waals surface area contributed by atoms with Gasteiger partial charge in [0.1, 0.15) is 5.75 Å². The quantitative estimate of drug-likeness (QED) is 0.145. The van der Waals surface area contributed by atoms with Crippen molar-refractivity contribution < 1.29 is 17.9 Å². The lowest BCUT2D eigenvalue weighted by molar-refractivity contribution is -0.274. The number of hydrogen-bond acceptors (Lipinski definition) is 4. The zero-order chi connectivity index (χ0) is 26.3. The van der Waals surface area contributed by atoms with E-state index >= 15 is 0 Å². The Morgan fingerprint density at radius 3 is 2.30 bits per heavy atom. The molecule has 1 heterocycles. The van der Waals surface area contributed by atoms with E-state index in [0.717, 1.165) is 21.6 Å². The van der Waals surface area contributed by atoms with E-state index in [0.29, 0.717) is 28.8 Å². The average molecular weight is 543 g/mol. The Balaban J connectivity index is 1.59. The molecule has 0 bridgehead atoms. The van der Waals surface area contributed by atoms with Crippen LogP contribution < -0.4 is 15.4 Å². The summed E-state index contributed by atoms with van der Waals surface area (Å²) in [4.78, 5) is 5.66. The number of benzene rings is 3. The van der Waals surface area contributed by atoms with Gasteiger partial charge in [0.25, 0.3) is 0 Å². The summed E-state index contributed by atoms with van der Waals surface area (Å²) >= 11 is 7.43. The highest BCUT2D eigenvalue weighted by Gasteiger charge is 2.31. The normalized spacial score (nSPS) is 11.8. The van der Waals surface area contributed by atoms with Crippen LogP contribution in [0.3, 0.4) is 0 Å². The Bertz CT molecular complexity index is 1350. The van der Waals surface area contributed by atoms with E-state index in [1.807, 2.05) is 48.5 Å². The van der Waals surface area contributed by atoms with Crippen LogP contribution in [0.25, 0.3) is 22.4 Å². The summed E-state index contributed by atoms with van der Waals surface area (Å²) < 4.78 is 46.1. The molecule has 0 radical (unpaired) electrons. The standard InChI is InChI=1S/C27H22ClF3N4OS/c1-32-26(35-37-23-5-3-2-4-6-23)34-17-18-15-24(19-7-11-21(28)12-8-19)25(33-16-18)20-9-13-22(14-10-20)36-27(29,30)31/h2-16H,17H2,1H3,(H2,32,34,35). The summed E-state index contributed by atoms with van der Waals surface area (Å²) in [5, 5.41) is 6.90. The second kappa shape index (κ2) is 12.0. The Hall–Kier alpha value is -3.69. The Morgan fingerprint density at radius 2 is 1.65 bits per heavy atom. The largest absolute Gasteiger partial charge is 0.573 e. The number of halogens is 4. The van der Waals surface area contributed by atoms with Crippen molar-refractivity contribution in [2.24, 2.45) is 4.40 Å². The van der Waals surface area contributed by atoms with Gasteiger partial charge in [0.05, 0.1) is 5.69 Å². The van der Waals surface area contributed by atoms with Gasteiger partial charge in [0, 0.05) is 52.8 Å². The first-order valence-corrected chi connectivity index (χ1v) is 12.3. The van der Waals surface area contributed by atoms with Crippen molar-refractivity contribution in [3.63, 3.8) is 0 Å². The van der Waals surface area contributed by atoms with E-state index in [9.17, 15) is 13.2 Å². The van der Waals surface area contributed by atoms with Gasteiger partial charge in [0.15, 0.2) is 0 Å². The van der Waals surface area contributed by atoms with Crippen LogP contribution in [0.5, 0.6) is 5.75 Å². The highest BCUT2D eigenvalue weighted by Crippen LogP contribution is 2.33. The monoisotopic (exact) mass is 542 g/mol. The van der Waals surface area contributed by atoms with Gasteiger partial charge in [-0.3, -0.25) is 4.98 Å². The molecule has 5 nitrogen and oxygen atoms in total. The van der Waals surface area contributed by atoms with Gasteiger partial charge >= 0.3 is 6.36 Å². The lowest BCUT2D eigenvalue weighted by Crippen LogP contribution is -2.33. The predicted molar refractivity (Wildman–Crippen MR) is 142 cm³/mol. The fraction of sp³-hybridized carbons (Fsp3) is 0.111. The van der Waals surface area contributed by atoms with Gasteiger partial charge < -0.3 is 15.4 Å². The summed E-state index contributed by atoms with van der Waals surface area (Å²) in [6.45, 7) is 0.446. The van der Waals surface area contributed by atoms with Gasteiger partial charge in [-0.05, 0) is 65.7 Å². The molecule has 0 atom stereocenters. The Labute approximate surface area is 221 Å². The van der Waals surface area contributed by atoms with Crippen molar-refractivity contribution >= 4 is 29.5 Å². The summed E-state index contributed by atoms with van der Waals surface area (Å²) in [6, 6.07) is 24.7. The first kappa shape index (κ1) is 26.4. The maximum absolute atomic E-state index is 12.6. The zero-order valence-electron chi connectivity index (χ0n) is 19.6. The van der Waals surface area contributed by atoms with Crippen molar-refractivity contribution in [1.29, 1.82) is 0 Å². The van der Waals surface area contributed by atoms with E-state index in [1.54, 1.807) is 37.5 Å². The Morgan fingerprint density at radius 1 is 0.973 bits per heavy atom. The lowest BCUT2D eigenvalue weighted by Gasteiger charge is -2.14. The van der Waals surface area contributed by atoms with Crippen LogP contribution in [0.15, 0.2) is 100 Å². The molecule has 0 amide bonds. The molecule has 0 aliphatic rings. The molecule has 0 aliphatic carbocycles. The molecule has 190 valence electrons. The highest BCUT2D eigenvalue weighted by molar-refractivity contribution is 7.98. The van der Waals surface area contributed by atoms with Crippen molar-refractivity contribution in [3.05, 3.63) is 102 Å². The second-order valence-electron chi connectivity index (χ2n) is 7.77. The number of alkyl halides is 3. The lowest BCUT2D eigenvalue weighted by atomic mass is 9.98. The third kappa shape index (κ3) is 7.65. The predicted octanol–water partition coefficient (Wildman–Crippen LogP) is 7.34. The van der Waals surface area contributed by atoms with Crippen LogP contribution in [-0.4, -0.2) is 24.4 Å². The third-order valence-electron chi connectivity index (χ3n) is 5.14. The maximum Gasteiger partial charge on any atom is 0.573 e.